The maximum absolute atomic E-state index is 10.8. The van der Waals surface area contributed by atoms with Crippen LogP contribution in [-0.2, 0) is 6.54 Å². The van der Waals surface area contributed by atoms with Crippen LogP contribution in [0.25, 0.3) is 11.3 Å². The van der Waals surface area contributed by atoms with Gasteiger partial charge < -0.3 is 9.47 Å². The zero-order valence-corrected chi connectivity index (χ0v) is 15.1. The number of benzene rings is 2. The second kappa shape index (κ2) is 8.54. The third-order valence-corrected chi connectivity index (χ3v) is 4.05. The lowest BCUT2D eigenvalue weighted by Crippen LogP contribution is -2.11. The summed E-state index contributed by atoms with van der Waals surface area (Å²) in [4.78, 5) is 10.8. The van der Waals surface area contributed by atoms with Crippen LogP contribution in [-0.4, -0.2) is 29.3 Å². The lowest BCUT2D eigenvalue weighted by Gasteiger charge is -2.10. The Morgan fingerprint density at radius 1 is 1.12 bits per heavy atom. The molecule has 0 bridgehead atoms. The van der Waals surface area contributed by atoms with Crippen molar-refractivity contribution in [3.05, 3.63) is 65.2 Å². The minimum atomic E-state index is 0.371. The Hall–Kier alpha value is -2.79. The van der Waals surface area contributed by atoms with Crippen molar-refractivity contribution < 1.29 is 14.3 Å². The van der Waals surface area contributed by atoms with Crippen molar-refractivity contribution in [2.24, 2.45) is 0 Å². The van der Waals surface area contributed by atoms with E-state index in [0.29, 0.717) is 42.0 Å². The van der Waals surface area contributed by atoms with E-state index in [1.54, 1.807) is 22.9 Å². The van der Waals surface area contributed by atoms with E-state index >= 15 is 0 Å². The summed E-state index contributed by atoms with van der Waals surface area (Å²) < 4.78 is 13.2. The molecule has 134 valence electrons. The van der Waals surface area contributed by atoms with E-state index in [1.807, 2.05) is 43.3 Å². The second-order valence-electron chi connectivity index (χ2n) is 5.55. The van der Waals surface area contributed by atoms with E-state index in [2.05, 4.69) is 5.10 Å². The highest BCUT2D eigenvalue weighted by Gasteiger charge is 2.11. The molecule has 0 unspecified atom stereocenters. The van der Waals surface area contributed by atoms with Gasteiger partial charge in [-0.2, -0.15) is 5.10 Å². The topological polar surface area (TPSA) is 53.4 Å². The summed E-state index contributed by atoms with van der Waals surface area (Å²) in [5.41, 5.74) is 2.39. The minimum Gasteiger partial charge on any atom is -0.490 e. The molecule has 0 amide bonds. The van der Waals surface area contributed by atoms with Gasteiger partial charge in [-0.3, -0.25) is 4.79 Å². The molecule has 1 aromatic heterocycles. The summed E-state index contributed by atoms with van der Waals surface area (Å²) in [5, 5.41) is 5.02. The Morgan fingerprint density at radius 3 is 2.62 bits per heavy atom. The summed E-state index contributed by atoms with van der Waals surface area (Å²) in [5.74, 6) is 1.23. The molecule has 0 aliphatic rings. The molecular formula is C20H19ClN2O3. The van der Waals surface area contributed by atoms with E-state index in [-0.39, 0.29) is 0 Å². The SMILES string of the molecule is CCOc1cc(-c2ccccc2)nn1CCOc1ccc(C=O)cc1Cl. The van der Waals surface area contributed by atoms with Gasteiger partial charge in [-0.1, -0.05) is 41.9 Å². The predicted molar refractivity (Wildman–Crippen MR) is 101 cm³/mol. The molecule has 6 heteroatoms. The molecular weight excluding hydrogens is 352 g/mol. The third kappa shape index (κ3) is 4.24. The Balaban J connectivity index is 1.71. The molecule has 1 heterocycles. The molecule has 0 saturated carbocycles. The van der Waals surface area contributed by atoms with Gasteiger partial charge in [0.15, 0.2) is 0 Å². The van der Waals surface area contributed by atoms with Crippen LogP contribution < -0.4 is 9.47 Å². The van der Waals surface area contributed by atoms with Crippen LogP contribution in [0.5, 0.6) is 11.6 Å². The van der Waals surface area contributed by atoms with E-state index in [9.17, 15) is 4.79 Å². The normalized spacial score (nSPS) is 10.5. The molecule has 0 spiro atoms. The number of halogens is 1. The van der Waals surface area contributed by atoms with Crippen molar-refractivity contribution in [2.75, 3.05) is 13.2 Å². The van der Waals surface area contributed by atoms with Gasteiger partial charge in [0.1, 0.15) is 18.6 Å². The van der Waals surface area contributed by atoms with Gasteiger partial charge in [-0.05, 0) is 25.1 Å². The van der Waals surface area contributed by atoms with Crippen molar-refractivity contribution in [3.63, 3.8) is 0 Å². The average Bonchev–Trinajstić information content (AvgIpc) is 3.07. The van der Waals surface area contributed by atoms with Gasteiger partial charge in [-0.25, -0.2) is 4.68 Å². The summed E-state index contributed by atoms with van der Waals surface area (Å²) in [6.07, 6.45) is 0.749. The highest BCUT2D eigenvalue weighted by Crippen LogP contribution is 2.26. The van der Waals surface area contributed by atoms with E-state index in [0.717, 1.165) is 17.5 Å². The van der Waals surface area contributed by atoms with Crippen LogP contribution in [0.3, 0.4) is 0 Å². The Labute approximate surface area is 157 Å². The quantitative estimate of drug-likeness (QED) is 0.548. The van der Waals surface area contributed by atoms with Crippen LogP contribution >= 0.6 is 11.6 Å². The molecule has 26 heavy (non-hydrogen) atoms. The summed E-state index contributed by atoms with van der Waals surface area (Å²) in [7, 11) is 0. The maximum atomic E-state index is 10.8. The lowest BCUT2D eigenvalue weighted by molar-refractivity contribution is 0.112. The number of carbonyl (C=O) groups is 1. The van der Waals surface area contributed by atoms with Crippen LogP contribution in [0.15, 0.2) is 54.6 Å². The first-order valence-corrected chi connectivity index (χ1v) is 8.72. The Bertz CT molecular complexity index is 878. The van der Waals surface area contributed by atoms with Crippen molar-refractivity contribution in [2.45, 2.75) is 13.5 Å². The van der Waals surface area contributed by atoms with Gasteiger partial charge in [0.2, 0.25) is 5.88 Å². The molecule has 5 nitrogen and oxygen atoms in total. The van der Waals surface area contributed by atoms with Gasteiger partial charge in [0.25, 0.3) is 0 Å². The van der Waals surface area contributed by atoms with E-state index < -0.39 is 0 Å². The highest BCUT2D eigenvalue weighted by molar-refractivity contribution is 6.32. The fraction of sp³-hybridized carbons (Fsp3) is 0.200. The fourth-order valence-corrected chi connectivity index (χ4v) is 2.77. The summed E-state index contributed by atoms with van der Waals surface area (Å²) in [6, 6.07) is 16.8. The summed E-state index contributed by atoms with van der Waals surface area (Å²) >= 11 is 6.12. The largest absolute Gasteiger partial charge is 0.490 e. The lowest BCUT2D eigenvalue weighted by atomic mass is 10.2. The number of nitrogens with zero attached hydrogens (tertiary/aromatic N) is 2. The molecule has 2 aromatic carbocycles. The van der Waals surface area contributed by atoms with Crippen LogP contribution in [0.2, 0.25) is 5.02 Å². The first-order valence-electron chi connectivity index (χ1n) is 8.35. The molecule has 0 saturated heterocycles. The van der Waals surface area contributed by atoms with Gasteiger partial charge in [0, 0.05) is 17.2 Å². The minimum absolute atomic E-state index is 0.371. The molecule has 0 radical (unpaired) electrons. The molecule has 3 aromatic rings. The average molecular weight is 371 g/mol. The predicted octanol–water partition coefficient (Wildman–Crippen LogP) is 4.49. The second-order valence-corrected chi connectivity index (χ2v) is 5.95. The van der Waals surface area contributed by atoms with E-state index in [1.165, 1.54) is 0 Å². The molecule has 0 aliphatic heterocycles. The standard InChI is InChI=1S/C20H19ClN2O3/c1-2-25-20-13-18(16-6-4-3-5-7-16)22-23(20)10-11-26-19-9-8-15(14-24)12-17(19)21/h3-9,12-14H,2,10-11H2,1H3. The first kappa shape index (κ1) is 18.0. The zero-order chi connectivity index (χ0) is 18.4. The van der Waals surface area contributed by atoms with Crippen molar-refractivity contribution >= 4 is 17.9 Å². The van der Waals surface area contributed by atoms with Gasteiger partial charge >= 0.3 is 0 Å². The highest BCUT2D eigenvalue weighted by atomic mass is 35.5. The van der Waals surface area contributed by atoms with Crippen molar-refractivity contribution in [1.29, 1.82) is 0 Å². The zero-order valence-electron chi connectivity index (χ0n) is 14.4. The summed E-state index contributed by atoms with van der Waals surface area (Å²) in [6.45, 7) is 3.37. The van der Waals surface area contributed by atoms with Crippen molar-refractivity contribution in [1.82, 2.24) is 9.78 Å². The van der Waals surface area contributed by atoms with Gasteiger partial charge in [-0.15, -0.1) is 0 Å². The van der Waals surface area contributed by atoms with Crippen LogP contribution in [0, 0.1) is 0 Å². The monoisotopic (exact) mass is 370 g/mol. The Kier molecular flexibility index (Phi) is 5.92. The maximum Gasteiger partial charge on any atom is 0.212 e. The number of ether oxygens (including phenoxy) is 2. The fourth-order valence-electron chi connectivity index (χ4n) is 2.52. The first-order chi connectivity index (χ1) is 12.7. The Morgan fingerprint density at radius 2 is 1.92 bits per heavy atom. The number of carbonyl (C=O) groups excluding carboxylic acids is 1. The molecule has 0 fully saturated rings. The number of rotatable bonds is 8. The number of hydrogen-bond acceptors (Lipinski definition) is 4. The number of hydrogen-bond donors (Lipinski definition) is 0. The van der Waals surface area contributed by atoms with Gasteiger partial charge in [0.05, 0.1) is 23.9 Å². The van der Waals surface area contributed by atoms with Crippen molar-refractivity contribution in [3.8, 4) is 22.9 Å². The molecule has 0 aliphatic carbocycles. The molecule has 0 N–H and O–H groups in total. The molecule has 3 rings (SSSR count). The van der Waals surface area contributed by atoms with Crippen LogP contribution in [0.4, 0.5) is 0 Å². The molecule has 0 atom stereocenters. The number of aldehydes is 1. The van der Waals surface area contributed by atoms with Crippen LogP contribution in [0.1, 0.15) is 17.3 Å². The smallest absolute Gasteiger partial charge is 0.212 e. The number of aromatic nitrogens is 2. The third-order valence-electron chi connectivity index (χ3n) is 3.76. The van der Waals surface area contributed by atoms with E-state index in [4.69, 9.17) is 21.1 Å².